The number of carbonyl (C=O) groups is 1. The second-order valence-corrected chi connectivity index (χ2v) is 6.31. The van der Waals surface area contributed by atoms with Crippen molar-refractivity contribution in [1.82, 2.24) is 4.98 Å². The third-order valence-electron chi connectivity index (χ3n) is 4.09. The minimum atomic E-state index is -0.267. The fourth-order valence-corrected chi connectivity index (χ4v) is 2.94. The van der Waals surface area contributed by atoms with Crippen molar-refractivity contribution in [2.45, 2.75) is 13.3 Å². The van der Waals surface area contributed by atoms with E-state index < -0.39 is 0 Å². The topological polar surface area (TPSA) is 63.2 Å². The molecule has 2 aromatic carbocycles. The highest BCUT2D eigenvalue weighted by Crippen LogP contribution is 2.27. The summed E-state index contributed by atoms with van der Waals surface area (Å²) in [7, 11) is 1.54. The molecule has 3 aromatic rings. The first-order chi connectivity index (χ1) is 13.1. The van der Waals surface area contributed by atoms with Crippen molar-refractivity contribution in [2.24, 2.45) is 0 Å². The summed E-state index contributed by atoms with van der Waals surface area (Å²) < 4.78 is 5.12. The van der Waals surface area contributed by atoms with Gasteiger partial charge in [-0.25, -0.2) is 0 Å². The minimum Gasteiger partial charge on any atom is -0.495 e. The Kier molecular flexibility index (Phi) is 5.94. The van der Waals surface area contributed by atoms with Crippen molar-refractivity contribution in [1.29, 1.82) is 0 Å². The van der Waals surface area contributed by atoms with E-state index in [1.165, 1.54) is 11.8 Å². The molecule has 0 aliphatic heterocycles. The Labute approximate surface area is 163 Å². The van der Waals surface area contributed by atoms with Crippen LogP contribution in [0.15, 0.2) is 60.9 Å². The molecule has 0 fully saturated rings. The predicted molar refractivity (Wildman–Crippen MR) is 109 cm³/mol. The maximum absolute atomic E-state index is 12.6. The average Bonchev–Trinajstić information content (AvgIpc) is 2.69. The van der Waals surface area contributed by atoms with Gasteiger partial charge in [0.25, 0.3) is 5.91 Å². The van der Waals surface area contributed by atoms with Crippen LogP contribution in [0.4, 0.5) is 17.1 Å². The molecule has 0 radical (unpaired) electrons. The van der Waals surface area contributed by atoms with E-state index in [2.05, 4.69) is 28.6 Å². The summed E-state index contributed by atoms with van der Waals surface area (Å²) in [4.78, 5) is 16.7. The van der Waals surface area contributed by atoms with Crippen molar-refractivity contribution in [2.75, 3.05) is 17.7 Å². The van der Waals surface area contributed by atoms with Gasteiger partial charge in [0.2, 0.25) is 0 Å². The largest absolute Gasteiger partial charge is 0.495 e. The van der Waals surface area contributed by atoms with Gasteiger partial charge in [0.15, 0.2) is 0 Å². The van der Waals surface area contributed by atoms with Crippen LogP contribution >= 0.6 is 11.6 Å². The van der Waals surface area contributed by atoms with Gasteiger partial charge in [-0.15, -0.1) is 0 Å². The third kappa shape index (κ3) is 4.57. The number of amides is 1. The fourth-order valence-electron chi connectivity index (χ4n) is 2.69. The van der Waals surface area contributed by atoms with Crippen molar-refractivity contribution in [3.05, 3.63) is 77.1 Å². The van der Waals surface area contributed by atoms with Gasteiger partial charge in [-0.3, -0.25) is 9.78 Å². The maximum atomic E-state index is 12.6. The smallest absolute Gasteiger partial charge is 0.257 e. The third-order valence-corrected chi connectivity index (χ3v) is 4.38. The number of carbonyl (C=O) groups excluding carboxylic acids is 1. The van der Waals surface area contributed by atoms with Crippen LogP contribution in [0, 0.1) is 0 Å². The number of aryl methyl sites for hydroxylation is 1. The number of nitrogens with zero attached hydrogens (tertiary/aromatic N) is 1. The monoisotopic (exact) mass is 381 g/mol. The first kappa shape index (κ1) is 18.7. The first-order valence-corrected chi connectivity index (χ1v) is 8.93. The highest BCUT2D eigenvalue weighted by molar-refractivity contribution is 6.32. The Morgan fingerprint density at radius 2 is 1.93 bits per heavy atom. The maximum Gasteiger partial charge on any atom is 0.257 e. The van der Waals surface area contributed by atoms with Gasteiger partial charge in [-0.1, -0.05) is 36.7 Å². The molecule has 0 spiro atoms. The van der Waals surface area contributed by atoms with Gasteiger partial charge in [0, 0.05) is 17.6 Å². The van der Waals surface area contributed by atoms with Crippen LogP contribution in [0.3, 0.4) is 0 Å². The van der Waals surface area contributed by atoms with E-state index in [4.69, 9.17) is 16.3 Å². The Morgan fingerprint density at radius 3 is 2.67 bits per heavy atom. The fraction of sp³-hybridized carbons (Fsp3) is 0.143. The lowest BCUT2D eigenvalue weighted by atomic mass is 10.1. The number of rotatable bonds is 6. The van der Waals surface area contributed by atoms with E-state index in [9.17, 15) is 4.79 Å². The summed E-state index contributed by atoms with van der Waals surface area (Å²) in [6.07, 6.45) is 4.12. The molecule has 1 amide bonds. The zero-order valence-corrected chi connectivity index (χ0v) is 15.9. The van der Waals surface area contributed by atoms with Crippen molar-refractivity contribution < 1.29 is 9.53 Å². The number of hydrogen-bond acceptors (Lipinski definition) is 4. The number of ether oxygens (including phenoxy) is 1. The molecule has 0 aliphatic carbocycles. The van der Waals surface area contributed by atoms with E-state index >= 15 is 0 Å². The molecule has 0 atom stereocenters. The molecule has 27 heavy (non-hydrogen) atoms. The van der Waals surface area contributed by atoms with Gasteiger partial charge >= 0.3 is 0 Å². The van der Waals surface area contributed by atoms with Gasteiger partial charge in [0.1, 0.15) is 5.75 Å². The summed E-state index contributed by atoms with van der Waals surface area (Å²) >= 11 is 6.10. The van der Waals surface area contributed by atoms with Crippen LogP contribution in [0.5, 0.6) is 5.75 Å². The number of anilines is 3. The lowest BCUT2D eigenvalue weighted by Crippen LogP contribution is -2.12. The lowest BCUT2D eigenvalue weighted by molar-refractivity contribution is 0.102. The van der Waals surface area contributed by atoms with Crippen molar-refractivity contribution >= 4 is 34.6 Å². The van der Waals surface area contributed by atoms with Gasteiger partial charge < -0.3 is 15.4 Å². The van der Waals surface area contributed by atoms with E-state index in [1.807, 2.05) is 18.2 Å². The standard InChI is InChI=1S/C21H20ClN3O2/c1-3-14-6-4-5-7-19(14)24-17-10-15(12-23-13-17)21(26)25-16-8-9-20(27-2)18(22)11-16/h4-13,24H,3H2,1-2H3,(H,25,26). The predicted octanol–water partition coefficient (Wildman–Crippen LogP) is 5.30. The first-order valence-electron chi connectivity index (χ1n) is 8.55. The number of aromatic nitrogens is 1. The van der Waals surface area contributed by atoms with E-state index in [1.54, 1.807) is 37.6 Å². The normalized spacial score (nSPS) is 10.3. The second-order valence-electron chi connectivity index (χ2n) is 5.90. The second kappa shape index (κ2) is 8.56. The molecule has 0 unspecified atom stereocenters. The number of nitrogens with one attached hydrogen (secondary N) is 2. The highest BCUT2D eigenvalue weighted by Gasteiger charge is 2.10. The van der Waals surface area contributed by atoms with Gasteiger partial charge in [-0.2, -0.15) is 0 Å². The molecule has 1 heterocycles. The Morgan fingerprint density at radius 1 is 1.11 bits per heavy atom. The average molecular weight is 382 g/mol. The molecule has 0 bridgehead atoms. The van der Waals surface area contributed by atoms with E-state index in [0.717, 1.165) is 17.8 Å². The number of halogens is 1. The van der Waals surface area contributed by atoms with Gasteiger partial charge in [0.05, 0.1) is 29.6 Å². The quantitative estimate of drug-likeness (QED) is 0.608. The molecule has 6 heteroatoms. The zero-order valence-electron chi connectivity index (χ0n) is 15.1. The van der Waals surface area contributed by atoms with Crippen LogP contribution in [0.2, 0.25) is 5.02 Å². The summed E-state index contributed by atoms with van der Waals surface area (Å²) in [6, 6.07) is 14.9. The molecule has 138 valence electrons. The van der Waals surface area contributed by atoms with Crippen molar-refractivity contribution in [3.8, 4) is 5.75 Å². The van der Waals surface area contributed by atoms with E-state index in [0.29, 0.717) is 22.0 Å². The SMILES string of the molecule is CCc1ccccc1Nc1cncc(C(=O)Nc2ccc(OC)c(Cl)c2)c1. The molecule has 3 rings (SSSR count). The molecule has 0 saturated heterocycles. The lowest BCUT2D eigenvalue weighted by Gasteiger charge is -2.12. The van der Waals surface area contributed by atoms with Crippen LogP contribution < -0.4 is 15.4 Å². The Bertz CT molecular complexity index is 960. The highest BCUT2D eigenvalue weighted by atomic mass is 35.5. The summed E-state index contributed by atoms with van der Waals surface area (Å²) in [6.45, 7) is 2.10. The number of benzene rings is 2. The summed E-state index contributed by atoms with van der Waals surface area (Å²) in [5.74, 6) is 0.285. The molecule has 2 N–H and O–H groups in total. The molecule has 1 aromatic heterocycles. The molecular formula is C21H20ClN3O2. The van der Waals surface area contributed by atoms with Crippen LogP contribution in [0.1, 0.15) is 22.8 Å². The van der Waals surface area contributed by atoms with Crippen LogP contribution in [-0.2, 0) is 6.42 Å². The van der Waals surface area contributed by atoms with Crippen molar-refractivity contribution in [3.63, 3.8) is 0 Å². The zero-order chi connectivity index (χ0) is 19.2. The van der Waals surface area contributed by atoms with E-state index in [-0.39, 0.29) is 5.91 Å². The van der Waals surface area contributed by atoms with Crippen LogP contribution in [0.25, 0.3) is 0 Å². The summed E-state index contributed by atoms with van der Waals surface area (Å²) in [5, 5.41) is 6.57. The van der Waals surface area contributed by atoms with Crippen LogP contribution in [-0.4, -0.2) is 18.0 Å². The molecular weight excluding hydrogens is 362 g/mol. The Balaban J connectivity index is 1.76. The number of hydrogen-bond donors (Lipinski definition) is 2. The molecule has 0 saturated carbocycles. The van der Waals surface area contributed by atoms with Gasteiger partial charge in [-0.05, 0) is 42.3 Å². The number of pyridine rings is 1. The molecule has 5 nitrogen and oxygen atoms in total. The Hall–Kier alpha value is -3.05. The molecule has 0 aliphatic rings. The number of methoxy groups -OCH3 is 1. The number of para-hydroxylation sites is 1. The minimum absolute atomic E-state index is 0.267. The summed E-state index contributed by atoms with van der Waals surface area (Å²) in [5.41, 5.74) is 3.97.